The van der Waals surface area contributed by atoms with Crippen LogP contribution in [-0.2, 0) is 11.3 Å². The smallest absolute Gasteiger partial charge is 0.104 e. The predicted molar refractivity (Wildman–Crippen MR) is 80.1 cm³/mol. The highest BCUT2D eigenvalue weighted by Crippen LogP contribution is 2.30. The Morgan fingerprint density at radius 1 is 1.37 bits per heavy atom. The molecule has 0 radical (unpaired) electrons. The largest absolute Gasteiger partial charge is 0.389 e. The van der Waals surface area contributed by atoms with Gasteiger partial charge in [-0.3, -0.25) is 4.90 Å². The van der Waals surface area contributed by atoms with Crippen molar-refractivity contribution in [3.8, 4) is 0 Å². The van der Waals surface area contributed by atoms with Gasteiger partial charge in [-0.2, -0.15) is 0 Å². The molecule has 1 aromatic rings. The van der Waals surface area contributed by atoms with Crippen LogP contribution in [0, 0.1) is 0 Å². The summed E-state index contributed by atoms with van der Waals surface area (Å²) in [5, 5.41) is 0. The minimum Gasteiger partial charge on any atom is -0.389 e. The molecule has 2 fully saturated rings. The van der Waals surface area contributed by atoms with E-state index >= 15 is 0 Å². The van der Waals surface area contributed by atoms with E-state index in [9.17, 15) is 0 Å². The quantitative estimate of drug-likeness (QED) is 0.858. The Morgan fingerprint density at radius 3 is 3.05 bits per heavy atom. The van der Waals surface area contributed by atoms with E-state index in [-0.39, 0.29) is 0 Å². The average Bonchev–Trinajstić information content (AvgIpc) is 2.88. The lowest BCUT2D eigenvalue weighted by atomic mass is 10.0. The molecule has 102 valence electrons. The Balaban J connectivity index is 1.79. The highest BCUT2D eigenvalue weighted by atomic mass is 32.1. The maximum atomic E-state index is 5.86. The number of nitrogens with zero attached hydrogens (tertiary/aromatic N) is 1. The molecule has 3 nitrogen and oxygen atoms in total. The van der Waals surface area contributed by atoms with E-state index in [0.717, 1.165) is 25.3 Å². The summed E-state index contributed by atoms with van der Waals surface area (Å²) in [5.41, 5.74) is 8.07. The van der Waals surface area contributed by atoms with Crippen LogP contribution in [-0.4, -0.2) is 35.2 Å². The molecule has 0 amide bonds. The molecule has 19 heavy (non-hydrogen) atoms. The molecule has 1 heterocycles. The van der Waals surface area contributed by atoms with Gasteiger partial charge in [0.2, 0.25) is 0 Å². The van der Waals surface area contributed by atoms with E-state index in [1.165, 1.54) is 24.8 Å². The average molecular weight is 276 g/mol. The highest BCUT2D eigenvalue weighted by molar-refractivity contribution is 7.80. The molecule has 1 saturated carbocycles. The zero-order valence-electron chi connectivity index (χ0n) is 11.0. The van der Waals surface area contributed by atoms with Gasteiger partial charge in [-0.15, -0.1) is 0 Å². The normalized spacial score (nSPS) is 27.2. The zero-order chi connectivity index (χ0) is 13.2. The lowest BCUT2D eigenvalue weighted by Gasteiger charge is -2.38. The fourth-order valence-electron chi connectivity index (χ4n) is 3.32. The van der Waals surface area contributed by atoms with Crippen molar-refractivity contribution in [3.05, 3.63) is 35.4 Å². The summed E-state index contributed by atoms with van der Waals surface area (Å²) in [6.07, 6.45) is 4.17. The molecule has 1 saturated heterocycles. The summed E-state index contributed by atoms with van der Waals surface area (Å²) in [5.74, 6) is 0. The fraction of sp³-hybridized carbons (Fsp3) is 0.533. The first kappa shape index (κ1) is 13.0. The van der Waals surface area contributed by atoms with Gasteiger partial charge in [0.1, 0.15) is 4.99 Å². The first-order chi connectivity index (χ1) is 9.25. The Bertz CT molecular complexity index is 477. The lowest BCUT2D eigenvalue weighted by molar-refractivity contribution is -0.0588. The van der Waals surface area contributed by atoms with Crippen molar-refractivity contribution in [2.24, 2.45) is 5.73 Å². The predicted octanol–water partition coefficient (Wildman–Crippen LogP) is 2.07. The third kappa shape index (κ3) is 2.66. The summed E-state index contributed by atoms with van der Waals surface area (Å²) in [6.45, 7) is 2.78. The van der Waals surface area contributed by atoms with E-state index in [0.29, 0.717) is 17.1 Å². The molecule has 0 aromatic heterocycles. The second kappa shape index (κ2) is 5.57. The zero-order valence-corrected chi connectivity index (χ0v) is 11.9. The van der Waals surface area contributed by atoms with Gasteiger partial charge in [0.05, 0.1) is 12.7 Å². The number of rotatable bonds is 3. The molecule has 2 aliphatic rings. The van der Waals surface area contributed by atoms with Gasteiger partial charge >= 0.3 is 0 Å². The van der Waals surface area contributed by atoms with E-state index in [4.69, 9.17) is 22.7 Å². The summed E-state index contributed by atoms with van der Waals surface area (Å²) < 4.78 is 5.86. The van der Waals surface area contributed by atoms with Crippen molar-refractivity contribution in [1.29, 1.82) is 0 Å². The molecule has 0 spiro atoms. The number of ether oxygens (including phenoxy) is 1. The van der Waals surface area contributed by atoms with Gasteiger partial charge in [0, 0.05) is 24.7 Å². The van der Waals surface area contributed by atoms with E-state index in [1.54, 1.807) is 0 Å². The third-order valence-corrected chi connectivity index (χ3v) is 4.47. The van der Waals surface area contributed by atoms with Crippen LogP contribution >= 0.6 is 12.2 Å². The molecular weight excluding hydrogens is 256 g/mol. The van der Waals surface area contributed by atoms with Crippen molar-refractivity contribution in [1.82, 2.24) is 4.90 Å². The van der Waals surface area contributed by atoms with Crippen molar-refractivity contribution < 1.29 is 4.74 Å². The molecule has 0 bridgehead atoms. The second-order valence-electron chi connectivity index (χ2n) is 5.40. The number of fused-ring (bicyclic) bond motifs is 1. The number of benzene rings is 1. The number of hydrogen-bond acceptors (Lipinski definition) is 3. The van der Waals surface area contributed by atoms with Crippen LogP contribution in [0.1, 0.15) is 30.4 Å². The first-order valence-electron chi connectivity index (χ1n) is 6.99. The maximum Gasteiger partial charge on any atom is 0.104 e. The minimum absolute atomic E-state index is 0.436. The molecule has 2 atom stereocenters. The third-order valence-electron chi connectivity index (χ3n) is 4.25. The minimum atomic E-state index is 0.436. The van der Waals surface area contributed by atoms with Crippen LogP contribution in [0.4, 0.5) is 0 Å². The first-order valence-corrected chi connectivity index (χ1v) is 7.40. The molecule has 2 unspecified atom stereocenters. The van der Waals surface area contributed by atoms with Crippen molar-refractivity contribution in [3.63, 3.8) is 0 Å². The maximum absolute atomic E-state index is 5.86. The SMILES string of the molecule is NC(=S)c1ccccc1CN1CCOC2CCCC21. The lowest BCUT2D eigenvalue weighted by Crippen LogP contribution is -2.48. The highest BCUT2D eigenvalue weighted by Gasteiger charge is 2.35. The topological polar surface area (TPSA) is 38.5 Å². The fourth-order valence-corrected chi connectivity index (χ4v) is 3.52. The molecule has 2 N–H and O–H groups in total. The summed E-state index contributed by atoms with van der Waals surface area (Å²) >= 11 is 5.15. The van der Waals surface area contributed by atoms with Gasteiger partial charge in [-0.1, -0.05) is 36.5 Å². The Morgan fingerprint density at radius 2 is 2.21 bits per heavy atom. The van der Waals surface area contributed by atoms with Crippen molar-refractivity contribution >= 4 is 17.2 Å². The Hall–Kier alpha value is -0.970. The van der Waals surface area contributed by atoms with Crippen LogP contribution in [0.3, 0.4) is 0 Å². The van der Waals surface area contributed by atoms with E-state index in [2.05, 4.69) is 17.0 Å². The van der Waals surface area contributed by atoms with Gasteiger partial charge < -0.3 is 10.5 Å². The number of thiocarbonyl (C=S) groups is 1. The van der Waals surface area contributed by atoms with Crippen molar-refractivity contribution in [2.45, 2.75) is 38.0 Å². The number of morpholine rings is 1. The Kier molecular flexibility index (Phi) is 3.82. The monoisotopic (exact) mass is 276 g/mol. The van der Waals surface area contributed by atoms with Crippen LogP contribution in [0.2, 0.25) is 0 Å². The van der Waals surface area contributed by atoms with Gasteiger partial charge in [0.15, 0.2) is 0 Å². The molecule has 4 heteroatoms. The molecule has 1 aliphatic carbocycles. The second-order valence-corrected chi connectivity index (χ2v) is 5.84. The van der Waals surface area contributed by atoms with Gasteiger partial charge in [-0.05, 0) is 24.8 Å². The van der Waals surface area contributed by atoms with Gasteiger partial charge in [0.25, 0.3) is 0 Å². The van der Waals surface area contributed by atoms with Crippen LogP contribution in [0.25, 0.3) is 0 Å². The molecule has 1 aliphatic heterocycles. The van der Waals surface area contributed by atoms with Crippen LogP contribution in [0.15, 0.2) is 24.3 Å². The molecular formula is C15H20N2OS. The summed E-state index contributed by atoms with van der Waals surface area (Å²) in [4.78, 5) is 3.03. The van der Waals surface area contributed by atoms with Gasteiger partial charge in [-0.25, -0.2) is 0 Å². The molecule has 3 rings (SSSR count). The Labute approximate surface area is 119 Å². The summed E-state index contributed by atoms with van der Waals surface area (Å²) in [7, 11) is 0. The standard InChI is InChI=1S/C15H20N2OS/c16-15(19)12-5-2-1-4-11(12)10-17-8-9-18-14-7-3-6-13(14)17/h1-2,4-5,13-14H,3,6-10H2,(H2,16,19). The van der Waals surface area contributed by atoms with E-state index in [1.807, 2.05) is 12.1 Å². The van der Waals surface area contributed by atoms with E-state index < -0.39 is 0 Å². The van der Waals surface area contributed by atoms with Crippen LogP contribution < -0.4 is 5.73 Å². The number of hydrogen-bond donors (Lipinski definition) is 1. The van der Waals surface area contributed by atoms with Crippen LogP contribution in [0.5, 0.6) is 0 Å². The summed E-state index contributed by atoms with van der Waals surface area (Å²) in [6, 6.07) is 8.78. The molecule has 1 aromatic carbocycles. The van der Waals surface area contributed by atoms with Crippen molar-refractivity contribution in [2.75, 3.05) is 13.2 Å². The number of nitrogens with two attached hydrogens (primary N) is 1.